The number of aryl methyl sites for hydroxylation is 1. The smallest absolute Gasteiger partial charge is 0.307 e. The maximum absolute atomic E-state index is 12.4. The lowest BCUT2D eigenvalue weighted by Gasteiger charge is -2.18. The van der Waals surface area contributed by atoms with E-state index < -0.39 is 0 Å². The topological polar surface area (TPSA) is 57.8 Å². The Morgan fingerprint density at radius 2 is 2.04 bits per heavy atom. The van der Waals surface area contributed by atoms with Crippen LogP contribution in [-0.4, -0.2) is 25.2 Å². The second-order valence-corrected chi connectivity index (χ2v) is 8.93. The summed E-state index contributed by atoms with van der Waals surface area (Å²) in [6.07, 6.45) is 4.18. The van der Waals surface area contributed by atoms with Crippen molar-refractivity contribution < 1.29 is 9.21 Å². The molecule has 0 saturated carbocycles. The van der Waals surface area contributed by atoms with Crippen molar-refractivity contribution in [3.63, 3.8) is 0 Å². The summed E-state index contributed by atoms with van der Waals surface area (Å²) in [4.78, 5) is 14.8. The summed E-state index contributed by atoms with van der Waals surface area (Å²) in [6.45, 7) is 4.30. The van der Waals surface area contributed by atoms with Crippen molar-refractivity contribution >= 4 is 67.3 Å². The second-order valence-electron chi connectivity index (χ2n) is 6.85. The molecular weight excluding hydrogens is 533 g/mol. The third-order valence-electron chi connectivity index (χ3n) is 4.85. The van der Waals surface area contributed by atoms with Gasteiger partial charge in [-0.3, -0.25) is 4.79 Å². The van der Waals surface area contributed by atoms with Crippen LogP contribution in [0.25, 0.3) is 11.0 Å². The summed E-state index contributed by atoms with van der Waals surface area (Å²) < 4.78 is 7.59. The Morgan fingerprint density at radius 3 is 2.79 bits per heavy atom. The van der Waals surface area contributed by atoms with E-state index in [4.69, 9.17) is 4.42 Å². The van der Waals surface area contributed by atoms with Gasteiger partial charge in [-0.2, -0.15) is 5.10 Å². The minimum absolute atomic E-state index is 0.240. The van der Waals surface area contributed by atoms with Gasteiger partial charge in [0.25, 0.3) is 0 Å². The average molecular weight is 552 g/mol. The first-order valence-electron chi connectivity index (χ1n) is 9.09. The van der Waals surface area contributed by atoms with Gasteiger partial charge in [-0.05, 0) is 83.8 Å². The SMILES string of the molecule is Cc1cc(N2CCCC2)ccc1/C=N/NC(=O)c1cc2cc(Br)cc(I)c2o1. The predicted octanol–water partition coefficient (Wildman–Crippen LogP) is 5.47. The van der Waals surface area contributed by atoms with Gasteiger partial charge in [-0.25, -0.2) is 5.43 Å². The fourth-order valence-corrected chi connectivity index (χ4v) is 5.04. The third kappa shape index (κ3) is 4.10. The van der Waals surface area contributed by atoms with Crippen LogP contribution in [0.3, 0.4) is 0 Å². The molecule has 1 fully saturated rings. The number of nitrogens with one attached hydrogen (secondary N) is 1. The number of furan rings is 1. The van der Waals surface area contributed by atoms with Crippen LogP contribution in [0.5, 0.6) is 0 Å². The Bertz CT molecular complexity index is 1070. The van der Waals surface area contributed by atoms with Crippen molar-refractivity contribution in [2.45, 2.75) is 19.8 Å². The van der Waals surface area contributed by atoms with Crippen LogP contribution in [0.2, 0.25) is 0 Å². The zero-order valence-corrected chi connectivity index (χ0v) is 19.1. The van der Waals surface area contributed by atoms with Crippen LogP contribution >= 0.6 is 38.5 Å². The molecule has 0 bridgehead atoms. The monoisotopic (exact) mass is 551 g/mol. The number of benzene rings is 2. The first-order valence-corrected chi connectivity index (χ1v) is 11.0. The molecule has 1 N–H and O–H groups in total. The van der Waals surface area contributed by atoms with Gasteiger partial charge in [0.15, 0.2) is 5.76 Å². The highest BCUT2D eigenvalue weighted by Crippen LogP contribution is 2.28. The van der Waals surface area contributed by atoms with E-state index in [0.717, 1.165) is 37.6 Å². The Morgan fingerprint density at radius 1 is 1.25 bits per heavy atom. The first-order chi connectivity index (χ1) is 13.5. The highest BCUT2D eigenvalue weighted by Gasteiger charge is 2.15. The molecule has 1 aliphatic heterocycles. The highest BCUT2D eigenvalue weighted by molar-refractivity contribution is 14.1. The summed E-state index contributed by atoms with van der Waals surface area (Å²) in [7, 11) is 0. The van der Waals surface area contributed by atoms with Gasteiger partial charge >= 0.3 is 5.91 Å². The number of fused-ring (bicyclic) bond motifs is 1. The van der Waals surface area contributed by atoms with Gasteiger partial charge in [0.05, 0.1) is 9.78 Å². The standard InChI is InChI=1S/C21H19BrIN3O2/c1-13-8-17(26-6-2-3-7-26)5-4-14(13)12-24-25-21(27)19-10-15-9-16(22)11-18(23)20(15)28-19/h4-5,8-12H,2-3,6-7H2,1H3,(H,25,27)/b24-12+. The molecule has 5 nitrogen and oxygen atoms in total. The van der Waals surface area contributed by atoms with Gasteiger partial charge < -0.3 is 9.32 Å². The largest absolute Gasteiger partial charge is 0.450 e. The number of rotatable bonds is 4. The number of halogens is 2. The second kappa shape index (κ2) is 8.24. The molecule has 1 aliphatic rings. The van der Waals surface area contributed by atoms with E-state index in [9.17, 15) is 4.79 Å². The number of hydrogen-bond donors (Lipinski definition) is 1. The summed E-state index contributed by atoms with van der Waals surface area (Å²) in [5.74, 6) is -0.130. The zero-order valence-electron chi connectivity index (χ0n) is 15.3. The van der Waals surface area contributed by atoms with Crippen LogP contribution in [0.4, 0.5) is 5.69 Å². The van der Waals surface area contributed by atoms with E-state index in [1.54, 1.807) is 12.3 Å². The normalized spacial score (nSPS) is 14.3. The van der Waals surface area contributed by atoms with Crippen LogP contribution in [0.1, 0.15) is 34.5 Å². The highest BCUT2D eigenvalue weighted by atomic mass is 127. The van der Waals surface area contributed by atoms with Crippen LogP contribution < -0.4 is 10.3 Å². The van der Waals surface area contributed by atoms with E-state index >= 15 is 0 Å². The Hall–Kier alpha value is -1.87. The minimum Gasteiger partial charge on any atom is -0.450 e. The summed E-state index contributed by atoms with van der Waals surface area (Å²) in [5.41, 5.74) is 6.61. The molecule has 2 aromatic carbocycles. The molecular formula is C21H19BrIN3O2. The number of carbonyl (C=O) groups excluding carboxylic acids is 1. The number of hydrogen-bond acceptors (Lipinski definition) is 4. The lowest BCUT2D eigenvalue weighted by atomic mass is 10.1. The van der Waals surface area contributed by atoms with Crippen molar-refractivity contribution in [3.8, 4) is 0 Å². The Balaban J connectivity index is 1.46. The molecule has 7 heteroatoms. The van der Waals surface area contributed by atoms with Crippen LogP contribution in [0.15, 0.2) is 50.4 Å². The first kappa shape index (κ1) is 19.4. The maximum atomic E-state index is 12.4. The van der Waals surface area contributed by atoms with E-state index in [1.165, 1.54) is 18.5 Å². The molecule has 1 saturated heterocycles. The number of carbonyl (C=O) groups is 1. The van der Waals surface area contributed by atoms with Crippen molar-refractivity contribution in [2.75, 3.05) is 18.0 Å². The third-order valence-corrected chi connectivity index (χ3v) is 6.11. The molecule has 1 aromatic heterocycles. The fraction of sp³-hybridized carbons (Fsp3) is 0.238. The van der Waals surface area contributed by atoms with Gasteiger partial charge in [0, 0.05) is 28.6 Å². The van der Waals surface area contributed by atoms with Crippen molar-refractivity contribution in [3.05, 3.63) is 61.3 Å². The summed E-state index contributed by atoms with van der Waals surface area (Å²) in [5, 5.41) is 4.98. The summed E-state index contributed by atoms with van der Waals surface area (Å²) >= 11 is 5.65. The number of hydrazone groups is 1. The number of anilines is 1. The molecule has 0 atom stereocenters. The Kier molecular flexibility index (Phi) is 5.73. The molecule has 28 heavy (non-hydrogen) atoms. The lowest BCUT2D eigenvalue weighted by molar-refractivity contribution is 0.0929. The maximum Gasteiger partial charge on any atom is 0.307 e. The molecule has 0 unspecified atom stereocenters. The molecule has 0 aliphatic carbocycles. The minimum atomic E-state index is -0.370. The van der Waals surface area contributed by atoms with E-state index in [2.05, 4.69) is 73.0 Å². The molecule has 0 radical (unpaired) electrons. The van der Waals surface area contributed by atoms with Gasteiger partial charge in [0.2, 0.25) is 0 Å². The van der Waals surface area contributed by atoms with E-state index in [-0.39, 0.29) is 11.7 Å². The molecule has 1 amide bonds. The molecule has 4 rings (SSSR count). The van der Waals surface area contributed by atoms with Gasteiger partial charge in [0.1, 0.15) is 5.58 Å². The lowest BCUT2D eigenvalue weighted by Crippen LogP contribution is -2.18. The predicted molar refractivity (Wildman–Crippen MR) is 124 cm³/mol. The number of amides is 1. The number of nitrogens with zero attached hydrogens (tertiary/aromatic N) is 2. The van der Waals surface area contributed by atoms with Crippen molar-refractivity contribution in [2.24, 2.45) is 5.10 Å². The molecule has 0 spiro atoms. The molecule has 2 heterocycles. The van der Waals surface area contributed by atoms with Crippen LogP contribution in [0, 0.1) is 10.5 Å². The van der Waals surface area contributed by atoms with Gasteiger partial charge in [-0.1, -0.05) is 22.0 Å². The van der Waals surface area contributed by atoms with Crippen molar-refractivity contribution in [1.82, 2.24) is 5.43 Å². The quantitative estimate of drug-likeness (QED) is 0.266. The van der Waals surface area contributed by atoms with E-state index in [0.29, 0.717) is 5.58 Å². The van der Waals surface area contributed by atoms with Crippen molar-refractivity contribution in [1.29, 1.82) is 0 Å². The van der Waals surface area contributed by atoms with E-state index in [1.807, 2.05) is 18.2 Å². The molecule has 144 valence electrons. The molecule has 3 aromatic rings. The Labute approximate surface area is 185 Å². The average Bonchev–Trinajstić information content (AvgIpc) is 3.32. The zero-order chi connectivity index (χ0) is 19.7. The summed E-state index contributed by atoms with van der Waals surface area (Å²) in [6, 6.07) is 11.9. The fourth-order valence-electron chi connectivity index (χ4n) is 3.38. The van der Waals surface area contributed by atoms with Crippen LogP contribution in [-0.2, 0) is 0 Å². The van der Waals surface area contributed by atoms with Gasteiger partial charge in [-0.15, -0.1) is 0 Å².